The van der Waals surface area contributed by atoms with Gasteiger partial charge < -0.3 is 14.4 Å². The molecule has 0 aromatic heterocycles. The van der Waals surface area contributed by atoms with E-state index in [9.17, 15) is 27.2 Å². The van der Waals surface area contributed by atoms with Crippen LogP contribution in [0.5, 0.6) is 5.75 Å². The van der Waals surface area contributed by atoms with E-state index in [0.717, 1.165) is 41.3 Å². The molecule has 2 aromatic rings. The normalized spacial score (nSPS) is 10.7. The summed E-state index contributed by atoms with van der Waals surface area (Å²) in [5, 5.41) is 8.73. The number of hydrogen-bond acceptors (Lipinski definition) is 5. The van der Waals surface area contributed by atoms with Gasteiger partial charge in [0.2, 0.25) is 0 Å². The number of nitrogens with zero attached hydrogens (tertiary/aromatic N) is 2. The Balaban J connectivity index is 2.00. The molecule has 0 aliphatic carbocycles. The number of rotatable bonds is 7. The van der Waals surface area contributed by atoms with Gasteiger partial charge in [0, 0.05) is 12.2 Å². The second-order valence-electron chi connectivity index (χ2n) is 5.58. The highest BCUT2D eigenvalue weighted by atomic mass is 19.4. The van der Waals surface area contributed by atoms with Crippen LogP contribution in [0.15, 0.2) is 48.5 Å². The van der Waals surface area contributed by atoms with Crippen LogP contribution in [0.1, 0.15) is 16.8 Å². The SMILES string of the molecule is N#CCCN(C(=O)COC(=O)c1ccc(OC(F)(F)F)cc1)c1ccc(F)cc1. The highest BCUT2D eigenvalue weighted by Gasteiger charge is 2.31. The van der Waals surface area contributed by atoms with E-state index in [1.807, 2.05) is 6.07 Å². The van der Waals surface area contributed by atoms with Crippen molar-refractivity contribution in [2.24, 2.45) is 0 Å². The predicted molar refractivity (Wildman–Crippen MR) is 92.4 cm³/mol. The number of carbonyl (C=O) groups is 2. The van der Waals surface area contributed by atoms with Crippen LogP contribution in [0, 0.1) is 17.1 Å². The number of anilines is 1. The summed E-state index contributed by atoms with van der Waals surface area (Å²) in [7, 11) is 0. The van der Waals surface area contributed by atoms with Crippen LogP contribution in [-0.4, -0.2) is 31.4 Å². The Kier molecular flexibility index (Phi) is 7.14. The summed E-state index contributed by atoms with van der Waals surface area (Å²) in [6, 6.07) is 10.8. The number of amides is 1. The van der Waals surface area contributed by atoms with Crippen LogP contribution < -0.4 is 9.64 Å². The zero-order chi connectivity index (χ0) is 21.4. The maximum atomic E-state index is 13.1. The number of benzene rings is 2. The third kappa shape index (κ3) is 6.80. The first-order valence-electron chi connectivity index (χ1n) is 8.15. The summed E-state index contributed by atoms with van der Waals surface area (Å²) in [6.07, 6.45) is -4.86. The van der Waals surface area contributed by atoms with Crippen molar-refractivity contribution in [1.82, 2.24) is 0 Å². The van der Waals surface area contributed by atoms with Crippen LogP contribution in [-0.2, 0) is 9.53 Å². The summed E-state index contributed by atoms with van der Waals surface area (Å²) in [5.41, 5.74) is 0.231. The average molecular weight is 410 g/mol. The number of carbonyl (C=O) groups excluding carboxylic acids is 2. The second kappa shape index (κ2) is 9.54. The van der Waals surface area contributed by atoms with E-state index in [1.54, 1.807) is 0 Å². The molecule has 1 amide bonds. The molecule has 152 valence electrons. The van der Waals surface area contributed by atoms with Crippen molar-refractivity contribution in [3.05, 3.63) is 59.9 Å². The van der Waals surface area contributed by atoms with Crippen LogP contribution >= 0.6 is 0 Å². The van der Waals surface area contributed by atoms with Gasteiger partial charge in [-0.3, -0.25) is 4.79 Å². The quantitative estimate of drug-likeness (QED) is 0.512. The van der Waals surface area contributed by atoms with Crippen LogP contribution in [0.25, 0.3) is 0 Å². The van der Waals surface area contributed by atoms with E-state index in [2.05, 4.69) is 4.74 Å². The van der Waals surface area contributed by atoms with Gasteiger partial charge in [-0.2, -0.15) is 5.26 Å². The molecule has 2 aromatic carbocycles. The topological polar surface area (TPSA) is 79.6 Å². The first kappa shape index (κ1) is 21.7. The van der Waals surface area contributed by atoms with Gasteiger partial charge in [0.25, 0.3) is 5.91 Å². The van der Waals surface area contributed by atoms with Crippen molar-refractivity contribution in [2.45, 2.75) is 12.8 Å². The second-order valence-corrected chi connectivity index (χ2v) is 5.58. The van der Waals surface area contributed by atoms with Crippen LogP contribution in [0.3, 0.4) is 0 Å². The Morgan fingerprint density at radius 3 is 2.21 bits per heavy atom. The third-order valence-electron chi connectivity index (χ3n) is 3.54. The van der Waals surface area contributed by atoms with Gasteiger partial charge in [-0.1, -0.05) is 0 Å². The van der Waals surface area contributed by atoms with Gasteiger partial charge in [-0.15, -0.1) is 13.2 Å². The number of nitriles is 1. The zero-order valence-corrected chi connectivity index (χ0v) is 14.8. The molecule has 10 heteroatoms. The van der Waals surface area contributed by atoms with Gasteiger partial charge in [0.1, 0.15) is 11.6 Å². The fourth-order valence-electron chi connectivity index (χ4n) is 2.26. The Hall–Kier alpha value is -3.61. The van der Waals surface area contributed by atoms with E-state index >= 15 is 0 Å². The Labute approximate surface area is 162 Å². The van der Waals surface area contributed by atoms with Gasteiger partial charge in [-0.25, -0.2) is 9.18 Å². The fourth-order valence-corrected chi connectivity index (χ4v) is 2.26. The minimum absolute atomic E-state index is 0.00198. The van der Waals surface area contributed by atoms with Crippen molar-refractivity contribution in [2.75, 3.05) is 18.1 Å². The van der Waals surface area contributed by atoms with Crippen molar-refractivity contribution in [1.29, 1.82) is 5.26 Å². The predicted octanol–water partition coefficient (Wildman–Crippen LogP) is 3.83. The Morgan fingerprint density at radius 2 is 1.66 bits per heavy atom. The smallest absolute Gasteiger partial charge is 0.452 e. The van der Waals surface area contributed by atoms with E-state index in [0.29, 0.717) is 5.69 Å². The number of halogens is 4. The summed E-state index contributed by atoms with van der Waals surface area (Å²) in [6.45, 7) is -0.676. The number of hydrogen-bond donors (Lipinski definition) is 0. The minimum atomic E-state index is -4.86. The molecule has 2 rings (SSSR count). The Morgan fingerprint density at radius 1 is 1.03 bits per heavy atom. The summed E-state index contributed by atoms with van der Waals surface area (Å²) < 4.78 is 58.1. The van der Waals surface area contributed by atoms with Crippen molar-refractivity contribution in [3.8, 4) is 11.8 Å². The number of alkyl halides is 3. The molecule has 0 heterocycles. The van der Waals surface area contributed by atoms with Crippen LogP contribution in [0.2, 0.25) is 0 Å². The molecule has 0 aliphatic rings. The van der Waals surface area contributed by atoms with Gasteiger partial charge >= 0.3 is 12.3 Å². The molecule has 0 atom stereocenters. The van der Waals surface area contributed by atoms with E-state index in [-0.39, 0.29) is 18.5 Å². The molecule has 0 saturated heterocycles. The molecule has 0 spiro atoms. The lowest BCUT2D eigenvalue weighted by Crippen LogP contribution is -2.35. The van der Waals surface area contributed by atoms with Crippen molar-refractivity contribution < 1.29 is 36.6 Å². The molecule has 0 radical (unpaired) electrons. The monoisotopic (exact) mass is 410 g/mol. The molecule has 29 heavy (non-hydrogen) atoms. The zero-order valence-electron chi connectivity index (χ0n) is 14.8. The first-order chi connectivity index (χ1) is 13.7. The van der Waals surface area contributed by atoms with E-state index in [1.165, 1.54) is 12.1 Å². The molecule has 0 unspecified atom stereocenters. The lowest BCUT2D eigenvalue weighted by molar-refractivity contribution is -0.274. The summed E-state index contributed by atoms with van der Waals surface area (Å²) in [5.74, 6) is -2.61. The highest BCUT2D eigenvalue weighted by Crippen LogP contribution is 2.23. The molecule has 0 aliphatic heterocycles. The van der Waals surface area contributed by atoms with Crippen molar-refractivity contribution >= 4 is 17.6 Å². The van der Waals surface area contributed by atoms with Crippen molar-refractivity contribution in [3.63, 3.8) is 0 Å². The third-order valence-corrected chi connectivity index (χ3v) is 3.54. The fraction of sp³-hybridized carbons (Fsp3) is 0.211. The summed E-state index contributed by atoms with van der Waals surface area (Å²) >= 11 is 0. The van der Waals surface area contributed by atoms with Gasteiger partial charge in [0.15, 0.2) is 6.61 Å². The van der Waals surface area contributed by atoms with E-state index < -0.39 is 36.4 Å². The maximum absolute atomic E-state index is 13.1. The van der Waals surface area contributed by atoms with Crippen LogP contribution in [0.4, 0.5) is 23.2 Å². The number of ether oxygens (including phenoxy) is 2. The average Bonchev–Trinajstić information content (AvgIpc) is 2.67. The minimum Gasteiger partial charge on any atom is -0.452 e. The first-order valence-corrected chi connectivity index (χ1v) is 8.15. The maximum Gasteiger partial charge on any atom is 0.573 e. The number of esters is 1. The summed E-state index contributed by atoms with van der Waals surface area (Å²) in [4.78, 5) is 25.6. The molecule has 0 N–H and O–H groups in total. The van der Waals surface area contributed by atoms with E-state index in [4.69, 9.17) is 10.00 Å². The Bertz CT molecular complexity index is 890. The molecular formula is C19H14F4N2O4. The lowest BCUT2D eigenvalue weighted by Gasteiger charge is -2.21. The standard InChI is InChI=1S/C19H14F4N2O4/c20-14-4-6-15(7-5-14)25(11-1-10-24)17(26)12-28-18(27)13-2-8-16(9-3-13)29-19(21,22)23/h2-9H,1,11-12H2. The molecular weight excluding hydrogens is 396 g/mol. The van der Waals surface area contributed by atoms with Gasteiger partial charge in [-0.05, 0) is 48.5 Å². The molecule has 6 nitrogen and oxygen atoms in total. The highest BCUT2D eigenvalue weighted by molar-refractivity contribution is 5.97. The largest absolute Gasteiger partial charge is 0.573 e. The van der Waals surface area contributed by atoms with Gasteiger partial charge in [0.05, 0.1) is 18.1 Å². The molecule has 0 fully saturated rings. The molecule has 0 bridgehead atoms. The lowest BCUT2D eigenvalue weighted by atomic mass is 10.2. The molecule has 0 saturated carbocycles.